The predicted molar refractivity (Wildman–Crippen MR) is 40.9 cm³/mol. The molecule has 1 N–H and O–H groups in total. The molecule has 1 aromatic heterocycles. The molecule has 0 aliphatic heterocycles. The third kappa shape index (κ3) is 1.36. The Balaban J connectivity index is 3.40. The predicted octanol–water partition coefficient (Wildman–Crippen LogP) is 1.30. The average molecular weight is 183 g/mol. The second-order valence-corrected chi connectivity index (χ2v) is 2.30. The Morgan fingerprint density at radius 1 is 1.75 bits per heavy atom. The summed E-state index contributed by atoms with van der Waals surface area (Å²) in [4.78, 5) is 14.1. The highest BCUT2D eigenvalue weighted by Gasteiger charge is 2.12. The van der Waals surface area contributed by atoms with E-state index in [-0.39, 0.29) is 16.3 Å². The van der Waals surface area contributed by atoms with Crippen molar-refractivity contribution in [2.24, 2.45) is 0 Å². The van der Waals surface area contributed by atoms with Gasteiger partial charge in [-0.25, -0.2) is 9.78 Å². The van der Waals surface area contributed by atoms with Crippen LogP contribution in [0, 0.1) is 11.3 Å². The lowest BCUT2D eigenvalue weighted by Gasteiger charge is -1.97. The Kier molecular flexibility index (Phi) is 2.26. The van der Waals surface area contributed by atoms with Gasteiger partial charge < -0.3 is 5.11 Å². The molecule has 0 unspecified atom stereocenters. The molecule has 0 saturated carbocycles. The first-order chi connectivity index (χ1) is 5.66. The number of aromatic nitrogens is 1. The maximum atomic E-state index is 10.5. The molecule has 0 bridgehead atoms. The summed E-state index contributed by atoms with van der Waals surface area (Å²) in [6.45, 7) is 0. The molecule has 12 heavy (non-hydrogen) atoms. The number of halogens is 1. The number of nitrogens with zero attached hydrogens (tertiary/aromatic N) is 2. The summed E-state index contributed by atoms with van der Waals surface area (Å²) >= 11 is 5.48. The normalized spacial score (nSPS) is 9.00. The van der Waals surface area contributed by atoms with Gasteiger partial charge in [-0.05, 0) is 6.07 Å². The quantitative estimate of drug-likeness (QED) is 0.665. The van der Waals surface area contributed by atoms with E-state index in [0.717, 1.165) is 0 Å². The summed E-state index contributed by atoms with van der Waals surface area (Å²) < 4.78 is 0. The first-order valence-electron chi connectivity index (χ1n) is 2.94. The van der Waals surface area contributed by atoms with E-state index in [4.69, 9.17) is 22.0 Å². The highest BCUT2D eigenvalue weighted by molar-refractivity contribution is 6.31. The van der Waals surface area contributed by atoms with Crippen molar-refractivity contribution in [3.63, 3.8) is 0 Å². The van der Waals surface area contributed by atoms with E-state index in [1.807, 2.05) is 0 Å². The van der Waals surface area contributed by atoms with Crippen molar-refractivity contribution in [2.45, 2.75) is 0 Å². The van der Waals surface area contributed by atoms with Crippen molar-refractivity contribution >= 4 is 17.6 Å². The van der Waals surface area contributed by atoms with E-state index in [1.54, 1.807) is 6.07 Å². The van der Waals surface area contributed by atoms with Crippen LogP contribution in [0.4, 0.5) is 0 Å². The maximum absolute atomic E-state index is 10.5. The van der Waals surface area contributed by atoms with Gasteiger partial charge >= 0.3 is 5.97 Å². The van der Waals surface area contributed by atoms with Crippen LogP contribution in [0.15, 0.2) is 12.3 Å². The lowest BCUT2D eigenvalue weighted by molar-refractivity contribution is 0.0696. The number of carboxylic acid groups (broad SMARTS) is 1. The van der Waals surface area contributed by atoms with Crippen LogP contribution in [0.2, 0.25) is 5.15 Å². The molecule has 0 saturated heterocycles. The molecule has 0 fully saturated rings. The number of aromatic carboxylic acids is 1. The molecule has 0 atom stereocenters. The summed E-state index contributed by atoms with van der Waals surface area (Å²) in [6, 6.07) is 2.90. The lowest BCUT2D eigenvalue weighted by Crippen LogP contribution is -2.01. The number of carbonyl (C=O) groups is 1. The molecule has 0 amide bonds. The van der Waals surface area contributed by atoms with Crippen LogP contribution in [0.3, 0.4) is 0 Å². The van der Waals surface area contributed by atoms with E-state index >= 15 is 0 Å². The van der Waals surface area contributed by atoms with E-state index in [1.165, 1.54) is 12.3 Å². The van der Waals surface area contributed by atoms with Crippen LogP contribution in [0.25, 0.3) is 0 Å². The van der Waals surface area contributed by atoms with Crippen LogP contribution >= 0.6 is 11.6 Å². The van der Waals surface area contributed by atoms with Crippen molar-refractivity contribution in [1.29, 1.82) is 5.26 Å². The third-order valence-electron chi connectivity index (χ3n) is 1.25. The van der Waals surface area contributed by atoms with Gasteiger partial charge in [0.1, 0.15) is 16.8 Å². The minimum absolute atomic E-state index is 0.0857. The monoisotopic (exact) mass is 182 g/mol. The summed E-state index contributed by atoms with van der Waals surface area (Å²) in [6.07, 6.45) is 1.24. The van der Waals surface area contributed by atoms with Gasteiger partial charge in [-0.15, -0.1) is 0 Å². The van der Waals surface area contributed by atoms with Crippen LogP contribution in [0.5, 0.6) is 0 Å². The Morgan fingerprint density at radius 2 is 2.42 bits per heavy atom. The number of carboxylic acids is 1. The number of pyridine rings is 1. The van der Waals surface area contributed by atoms with Gasteiger partial charge in [0.05, 0.1) is 5.56 Å². The number of rotatable bonds is 1. The zero-order valence-electron chi connectivity index (χ0n) is 5.78. The first-order valence-corrected chi connectivity index (χ1v) is 3.32. The molecule has 0 aromatic carbocycles. The van der Waals surface area contributed by atoms with Gasteiger partial charge in [-0.2, -0.15) is 5.26 Å². The molecule has 5 heteroatoms. The van der Waals surface area contributed by atoms with Gasteiger partial charge in [0.2, 0.25) is 0 Å². The molecule has 4 nitrogen and oxygen atoms in total. The second kappa shape index (κ2) is 3.20. The molecule has 1 rings (SSSR count). The molecule has 60 valence electrons. The summed E-state index contributed by atoms with van der Waals surface area (Å²) in [5.41, 5.74) is -0.232. The topological polar surface area (TPSA) is 74.0 Å². The van der Waals surface area contributed by atoms with Crippen molar-refractivity contribution < 1.29 is 9.90 Å². The number of hydrogen-bond acceptors (Lipinski definition) is 3. The highest BCUT2D eigenvalue weighted by Crippen LogP contribution is 2.15. The second-order valence-electron chi connectivity index (χ2n) is 1.94. The fourth-order valence-corrected chi connectivity index (χ4v) is 0.921. The Hall–Kier alpha value is -1.60. The Labute approximate surface area is 73.0 Å². The maximum Gasteiger partial charge on any atom is 0.337 e. The SMILES string of the molecule is N#Cc1c(C(=O)O)ccnc1Cl. The van der Waals surface area contributed by atoms with Gasteiger partial charge in [0, 0.05) is 6.20 Å². The first kappa shape index (κ1) is 8.50. The molecule has 0 aliphatic carbocycles. The fourth-order valence-electron chi connectivity index (χ4n) is 0.721. The van der Waals surface area contributed by atoms with Gasteiger partial charge in [0.25, 0.3) is 0 Å². The smallest absolute Gasteiger partial charge is 0.337 e. The standard InChI is InChI=1S/C7H3ClN2O2/c8-6-5(3-9)4(7(11)12)1-2-10-6/h1-2H,(H,11,12). The molecule has 0 spiro atoms. The highest BCUT2D eigenvalue weighted by atomic mass is 35.5. The van der Waals surface area contributed by atoms with Gasteiger partial charge in [0.15, 0.2) is 0 Å². The van der Waals surface area contributed by atoms with Crippen molar-refractivity contribution in [3.05, 3.63) is 28.5 Å². The van der Waals surface area contributed by atoms with Gasteiger partial charge in [-0.1, -0.05) is 11.6 Å². The summed E-state index contributed by atoms with van der Waals surface area (Å²) in [5, 5.41) is 17.0. The molecule has 1 heterocycles. The molecule has 0 aliphatic rings. The van der Waals surface area contributed by atoms with Gasteiger partial charge in [-0.3, -0.25) is 0 Å². The third-order valence-corrected chi connectivity index (χ3v) is 1.53. The minimum Gasteiger partial charge on any atom is -0.478 e. The zero-order chi connectivity index (χ0) is 9.14. The molecule has 1 aromatic rings. The molecular formula is C7H3ClN2O2. The van der Waals surface area contributed by atoms with Crippen molar-refractivity contribution in [3.8, 4) is 6.07 Å². The van der Waals surface area contributed by atoms with E-state index < -0.39 is 5.97 Å². The van der Waals surface area contributed by atoms with Crippen molar-refractivity contribution in [1.82, 2.24) is 4.98 Å². The Morgan fingerprint density at radius 3 is 2.83 bits per heavy atom. The fraction of sp³-hybridized carbons (Fsp3) is 0. The molecular weight excluding hydrogens is 180 g/mol. The van der Waals surface area contributed by atoms with E-state index in [9.17, 15) is 4.79 Å². The molecule has 0 radical (unpaired) electrons. The van der Waals surface area contributed by atoms with E-state index in [2.05, 4.69) is 4.98 Å². The minimum atomic E-state index is -1.18. The van der Waals surface area contributed by atoms with E-state index in [0.29, 0.717) is 0 Å². The largest absolute Gasteiger partial charge is 0.478 e. The van der Waals surface area contributed by atoms with Crippen LogP contribution in [0.1, 0.15) is 15.9 Å². The lowest BCUT2D eigenvalue weighted by atomic mass is 10.1. The van der Waals surface area contributed by atoms with Crippen LogP contribution in [-0.4, -0.2) is 16.1 Å². The average Bonchev–Trinajstić information content (AvgIpc) is 2.03. The van der Waals surface area contributed by atoms with Crippen LogP contribution < -0.4 is 0 Å². The zero-order valence-corrected chi connectivity index (χ0v) is 6.54. The number of hydrogen-bond donors (Lipinski definition) is 1. The summed E-state index contributed by atoms with van der Waals surface area (Å²) in [7, 11) is 0. The summed E-state index contributed by atoms with van der Waals surface area (Å²) in [5.74, 6) is -1.18. The van der Waals surface area contributed by atoms with Crippen LogP contribution in [-0.2, 0) is 0 Å². The Bertz CT molecular complexity index is 370. The number of nitriles is 1. The van der Waals surface area contributed by atoms with Crippen molar-refractivity contribution in [2.75, 3.05) is 0 Å².